The maximum absolute atomic E-state index is 6.08. The Hall–Kier alpha value is -2.50. The normalized spacial score (nSPS) is 10.9. The van der Waals surface area contributed by atoms with Crippen LogP contribution in [-0.2, 0) is 6.42 Å². The van der Waals surface area contributed by atoms with Gasteiger partial charge in [0.2, 0.25) is 5.65 Å². The second kappa shape index (κ2) is 4.06. The second-order valence-corrected chi connectivity index (χ2v) is 4.02. The number of fused-ring (bicyclic) bond motifs is 1. The van der Waals surface area contributed by atoms with Gasteiger partial charge in [-0.25, -0.2) is 9.61 Å². The quantitative estimate of drug-likeness (QED) is 0.731. The standard InChI is InChI=1S/C12H11N5O/c1-7-9(6-8-4-2-3-5-14-8)10(13)11-12(15-7)17-18-16-11/h2-5H,6,13H2,1H3. The van der Waals surface area contributed by atoms with E-state index in [2.05, 4.69) is 24.9 Å². The summed E-state index contributed by atoms with van der Waals surface area (Å²) in [5, 5.41) is 7.46. The zero-order valence-corrected chi connectivity index (χ0v) is 9.79. The van der Waals surface area contributed by atoms with Gasteiger partial charge in [0.25, 0.3) is 0 Å². The predicted molar refractivity (Wildman–Crippen MR) is 65.8 cm³/mol. The van der Waals surface area contributed by atoms with Gasteiger partial charge in [-0.3, -0.25) is 4.98 Å². The lowest BCUT2D eigenvalue weighted by atomic mass is 10.1. The van der Waals surface area contributed by atoms with Crippen LogP contribution in [-0.4, -0.2) is 20.3 Å². The van der Waals surface area contributed by atoms with E-state index in [1.165, 1.54) is 0 Å². The molecule has 90 valence electrons. The summed E-state index contributed by atoms with van der Waals surface area (Å²) in [6.45, 7) is 1.89. The molecule has 0 bridgehead atoms. The van der Waals surface area contributed by atoms with Gasteiger partial charge in [-0.05, 0) is 29.4 Å². The van der Waals surface area contributed by atoms with Gasteiger partial charge in [0.1, 0.15) is 0 Å². The Morgan fingerprint density at radius 2 is 2.17 bits per heavy atom. The van der Waals surface area contributed by atoms with Crippen molar-refractivity contribution in [2.75, 3.05) is 5.73 Å². The van der Waals surface area contributed by atoms with Crippen LogP contribution in [0, 0.1) is 6.92 Å². The lowest BCUT2D eigenvalue weighted by Gasteiger charge is -2.07. The van der Waals surface area contributed by atoms with Crippen LogP contribution in [0.15, 0.2) is 29.0 Å². The summed E-state index contributed by atoms with van der Waals surface area (Å²) >= 11 is 0. The average molecular weight is 241 g/mol. The van der Waals surface area contributed by atoms with E-state index in [-0.39, 0.29) is 0 Å². The summed E-state index contributed by atoms with van der Waals surface area (Å²) < 4.78 is 4.65. The van der Waals surface area contributed by atoms with Crippen molar-refractivity contribution in [1.82, 2.24) is 20.3 Å². The van der Waals surface area contributed by atoms with Crippen LogP contribution in [0.3, 0.4) is 0 Å². The highest BCUT2D eigenvalue weighted by Gasteiger charge is 2.14. The van der Waals surface area contributed by atoms with Crippen LogP contribution in [0.25, 0.3) is 11.2 Å². The maximum Gasteiger partial charge on any atom is 0.226 e. The molecule has 3 aromatic heterocycles. The number of anilines is 1. The first-order valence-electron chi connectivity index (χ1n) is 5.53. The molecule has 0 aromatic carbocycles. The Kier molecular flexibility index (Phi) is 2.40. The molecule has 0 amide bonds. The fraction of sp³-hybridized carbons (Fsp3) is 0.167. The molecule has 6 nitrogen and oxygen atoms in total. The summed E-state index contributed by atoms with van der Waals surface area (Å²) in [7, 11) is 0. The number of nitrogen functional groups attached to an aromatic ring is 1. The monoisotopic (exact) mass is 241 g/mol. The van der Waals surface area contributed by atoms with Crippen molar-refractivity contribution in [3.63, 3.8) is 0 Å². The predicted octanol–water partition coefficient (Wildman–Crippen LogP) is 1.49. The lowest BCUT2D eigenvalue weighted by molar-refractivity contribution is 0.315. The number of nitrogens with zero attached hydrogens (tertiary/aromatic N) is 4. The Morgan fingerprint density at radius 3 is 2.94 bits per heavy atom. The molecular weight excluding hydrogens is 230 g/mol. The maximum atomic E-state index is 6.08. The highest BCUT2D eigenvalue weighted by Crippen LogP contribution is 2.24. The first-order chi connectivity index (χ1) is 8.75. The van der Waals surface area contributed by atoms with Crippen molar-refractivity contribution < 1.29 is 4.63 Å². The topological polar surface area (TPSA) is 90.7 Å². The average Bonchev–Trinajstić information content (AvgIpc) is 2.84. The minimum atomic E-state index is 0.440. The second-order valence-electron chi connectivity index (χ2n) is 4.02. The van der Waals surface area contributed by atoms with Crippen LogP contribution in [0.5, 0.6) is 0 Å². The third kappa shape index (κ3) is 1.67. The highest BCUT2D eigenvalue weighted by atomic mass is 16.6. The molecule has 0 atom stereocenters. The van der Waals surface area contributed by atoms with Crippen LogP contribution < -0.4 is 5.73 Å². The number of nitrogens with two attached hydrogens (primary N) is 1. The van der Waals surface area contributed by atoms with Crippen LogP contribution >= 0.6 is 0 Å². The van der Waals surface area contributed by atoms with E-state index in [9.17, 15) is 0 Å². The number of pyridine rings is 2. The van der Waals surface area contributed by atoms with E-state index in [0.29, 0.717) is 23.3 Å². The first kappa shape index (κ1) is 10.6. The zero-order valence-electron chi connectivity index (χ0n) is 9.79. The van der Waals surface area contributed by atoms with Crippen LogP contribution in [0.2, 0.25) is 0 Å². The van der Waals surface area contributed by atoms with Gasteiger partial charge >= 0.3 is 0 Å². The summed E-state index contributed by atoms with van der Waals surface area (Å²) in [4.78, 5) is 8.60. The molecule has 0 radical (unpaired) electrons. The largest absolute Gasteiger partial charge is 0.396 e. The van der Waals surface area contributed by atoms with E-state index in [0.717, 1.165) is 17.0 Å². The molecule has 18 heavy (non-hydrogen) atoms. The van der Waals surface area contributed by atoms with E-state index in [4.69, 9.17) is 5.73 Å². The van der Waals surface area contributed by atoms with E-state index in [1.54, 1.807) is 6.20 Å². The minimum Gasteiger partial charge on any atom is -0.396 e. The molecule has 3 heterocycles. The van der Waals surface area contributed by atoms with Gasteiger partial charge < -0.3 is 5.73 Å². The molecule has 0 spiro atoms. The fourth-order valence-electron chi connectivity index (χ4n) is 1.90. The van der Waals surface area contributed by atoms with E-state index in [1.807, 2.05) is 25.1 Å². The number of hydrogen-bond acceptors (Lipinski definition) is 6. The van der Waals surface area contributed by atoms with Gasteiger partial charge in [-0.15, -0.1) is 0 Å². The molecule has 6 heteroatoms. The summed E-state index contributed by atoms with van der Waals surface area (Å²) in [6, 6.07) is 5.77. The number of aryl methyl sites for hydroxylation is 1. The molecule has 0 saturated heterocycles. The Balaban J connectivity index is 2.11. The fourth-order valence-corrected chi connectivity index (χ4v) is 1.90. The lowest BCUT2D eigenvalue weighted by Crippen LogP contribution is -2.03. The van der Waals surface area contributed by atoms with Gasteiger partial charge in [0, 0.05) is 29.6 Å². The van der Waals surface area contributed by atoms with Crippen LogP contribution in [0.4, 0.5) is 5.69 Å². The van der Waals surface area contributed by atoms with E-state index >= 15 is 0 Å². The molecular formula is C12H11N5O. The summed E-state index contributed by atoms with van der Waals surface area (Å²) in [6.07, 6.45) is 2.37. The van der Waals surface area contributed by atoms with Gasteiger partial charge in [0.05, 0.1) is 5.69 Å². The minimum absolute atomic E-state index is 0.440. The van der Waals surface area contributed by atoms with Crippen molar-refractivity contribution in [1.29, 1.82) is 0 Å². The van der Waals surface area contributed by atoms with Crippen molar-refractivity contribution in [3.8, 4) is 0 Å². The summed E-state index contributed by atoms with van der Waals surface area (Å²) in [5.41, 5.74) is 10.3. The molecule has 3 aromatic rings. The van der Waals surface area contributed by atoms with Crippen molar-refractivity contribution >= 4 is 16.9 Å². The number of aromatic nitrogens is 4. The third-order valence-electron chi connectivity index (χ3n) is 2.85. The third-order valence-corrected chi connectivity index (χ3v) is 2.85. The Bertz CT molecular complexity index is 692. The molecule has 0 aliphatic heterocycles. The molecule has 0 saturated carbocycles. The molecule has 0 aliphatic rings. The smallest absolute Gasteiger partial charge is 0.226 e. The van der Waals surface area contributed by atoms with Gasteiger partial charge in [0.15, 0.2) is 5.52 Å². The molecule has 0 fully saturated rings. The molecule has 2 N–H and O–H groups in total. The summed E-state index contributed by atoms with van der Waals surface area (Å²) in [5.74, 6) is 0. The number of rotatable bonds is 2. The number of hydrogen-bond donors (Lipinski definition) is 1. The highest BCUT2D eigenvalue weighted by molar-refractivity contribution is 5.85. The van der Waals surface area contributed by atoms with Crippen LogP contribution in [0.1, 0.15) is 17.0 Å². The Labute approximate surface area is 103 Å². The van der Waals surface area contributed by atoms with Gasteiger partial charge in [-0.2, -0.15) is 0 Å². The van der Waals surface area contributed by atoms with Gasteiger partial charge in [-0.1, -0.05) is 6.07 Å². The molecule has 3 rings (SSSR count). The first-order valence-corrected chi connectivity index (χ1v) is 5.53. The SMILES string of the molecule is Cc1nc2nonc2c(N)c1Cc1ccccn1. The van der Waals surface area contributed by atoms with Crippen molar-refractivity contribution in [2.45, 2.75) is 13.3 Å². The van der Waals surface area contributed by atoms with E-state index < -0.39 is 0 Å². The van der Waals surface area contributed by atoms with Crippen molar-refractivity contribution in [3.05, 3.63) is 41.3 Å². The molecule has 0 aliphatic carbocycles. The molecule has 0 unspecified atom stereocenters. The van der Waals surface area contributed by atoms with Crippen molar-refractivity contribution in [2.24, 2.45) is 0 Å². The zero-order chi connectivity index (χ0) is 12.5. The Morgan fingerprint density at radius 1 is 1.28 bits per heavy atom.